The molecule has 4 rings (SSSR count). The van der Waals surface area contributed by atoms with Crippen LogP contribution in [-0.4, -0.2) is 17.4 Å². The highest BCUT2D eigenvalue weighted by atomic mass is 35.5. The Bertz CT molecular complexity index is 1250. The molecule has 0 saturated carbocycles. The molecule has 0 bridgehead atoms. The van der Waals surface area contributed by atoms with Gasteiger partial charge in [0.1, 0.15) is 12.4 Å². The molecule has 4 nitrogen and oxygen atoms in total. The minimum absolute atomic E-state index is 0.365. The molecule has 0 unspecified atom stereocenters. The highest BCUT2D eigenvalue weighted by Crippen LogP contribution is 2.32. The molecule has 0 atom stereocenters. The number of methoxy groups -OCH3 is 1. The van der Waals surface area contributed by atoms with Crippen molar-refractivity contribution in [1.82, 2.24) is 4.57 Å². The Morgan fingerprint density at radius 2 is 1.69 bits per heavy atom. The Morgan fingerprint density at radius 1 is 0.938 bits per heavy atom. The number of hydrogen-bond acceptors (Lipinski definition) is 3. The van der Waals surface area contributed by atoms with Gasteiger partial charge >= 0.3 is 0 Å². The summed E-state index contributed by atoms with van der Waals surface area (Å²) in [6.07, 6.45) is 0. The molecule has 4 aromatic rings. The molecule has 32 heavy (non-hydrogen) atoms. The quantitative estimate of drug-likeness (QED) is 0.226. The van der Waals surface area contributed by atoms with Crippen molar-refractivity contribution < 1.29 is 9.57 Å². The Hall–Kier alpha value is -3.50. The molecular formula is C27H25ClN2O2. The Labute approximate surface area is 193 Å². The summed E-state index contributed by atoms with van der Waals surface area (Å²) in [6.45, 7) is 4.40. The van der Waals surface area contributed by atoms with E-state index in [2.05, 4.69) is 34.8 Å². The highest BCUT2D eigenvalue weighted by Gasteiger charge is 2.18. The maximum absolute atomic E-state index is 6.57. The normalized spacial score (nSPS) is 11.4. The molecule has 0 N–H and O–H groups in total. The van der Waals surface area contributed by atoms with Gasteiger partial charge in [-0.05, 0) is 55.3 Å². The van der Waals surface area contributed by atoms with E-state index in [0.29, 0.717) is 11.6 Å². The third-order valence-electron chi connectivity index (χ3n) is 5.37. The number of halogens is 1. The number of hydrogen-bond donors (Lipinski definition) is 0. The first-order valence-electron chi connectivity index (χ1n) is 10.4. The van der Waals surface area contributed by atoms with Crippen molar-refractivity contribution in [2.75, 3.05) is 7.11 Å². The van der Waals surface area contributed by atoms with Gasteiger partial charge in [0, 0.05) is 11.3 Å². The first-order valence-corrected chi connectivity index (χ1v) is 10.8. The van der Waals surface area contributed by atoms with E-state index < -0.39 is 0 Å². The van der Waals surface area contributed by atoms with Crippen molar-refractivity contribution in [2.45, 2.75) is 20.5 Å². The van der Waals surface area contributed by atoms with Gasteiger partial charge in [-0.1, -0.05) is 71.4 Å². The minimum Gasteiger partial charge on any atom is -0.497 e. The summed E-state index contributed by atoms with van der Waals surface area (Å²) in [5.74, 6) is 0.798. The van der Waals surface area contributed by atoms with Crippen LogP contribution in [0.4, 0.5) is 0 Å². The molecule has 0 aliphatic heterocycles. The first-order chi connectivity index (χ1) is 15.6. The topological polar surface area (TPSA) is 35.8 Å². The molecule has 162 valence electrons. The fourth-order valence-electron chi connectivity index (χ4n) is 3.75. The summed E-state index contributed by atoms with van der Waals surface area (Å²) in [7, 11) is 1.65. The smallest absolute Gasteiger partial charge is 0.142 e. The lowest BCUT2D eigenvalue weighted by Crippen LogP contribution is -2.03. The summed E-state index contributed by atoms with van der Waals surface area (Å²) in [6, 6.07) is 28.0. The van der Waals surface area contributed by atoms with Gasteiger partial charge in [-0.15, -0.1) is 0 Å². The van der Waals surface area contributed by atoms with Gasteiger partial charge in [-0.25, -0.2) is 0 Å². The molecular weight excluding hydrogens is 420 g/mol. The molecule has 3 aromatic carbocycles. The molecule has 0 saturated heterocycles. The van der Waals surface area contributed by atoms with Crippen LogP contribution in [0.25, 0.3) is 16.9 Å². The number of ether oxygens (including phenoxy) is 1. The second kappa shape index (κ2) is 9.75. The van der Waals surface area contributed by atoms with Crippen LogP contribution >= 0.6 is 11.6 Å². The van der Waals surface area contributed by atoms with E-state index in [0.717, 1.165) is 45.2 Å². The molecule has 0 radical (unpaired) electrons. The van der Waals surface area contributed by atoms with E-state index in [9.17, 15) is 0 Å². The van der Waals surface area contributed by atoms with Gasteiger partial charge in [0.25, 0.3) is 0 Å². The lowest BCUT2D eigenvalue weighted by atomic mass is 10.1. The fourth-order valence-corrected chi connectivity index (χ4v) is 3.97. The highest BCUT2D eigenvalue weighted by molar-refractivity contribution is 6.32. The van der Waals surface area contributed by atoms with E-state index in [-0.39, 0.29) is 0 Å². The van der Waals surface area contributed by atoms with E-state index in [1.807, 2.05) is 73.7 Å². The van der Waals surface area contributed by atoms with E-state index in [1.54, 1.807) is 7.11 Å². The number of benzene rings is 3. The number of oxime groups is 1. The average Bonchev–Trinajstić information content (AvgIpc) is 3.17. The average molecular weight is 445 g/mol. The second-order valence-corrected chi connectivity index (χ2v) is 7.89. The molecule has 0 amide bonds. The zero-order valence-electron chi connectivity index (χ0n) is 18.4. The van der Waals surface area contributed by atoms with Crippen LogP contribution in [0.1, 0.15) is 23.7 Å². The molecule has 0 fully saturated rings. The Morgan fingerprint density at radius 3 is 2.44 bits per heavy atom. The van der Waals surface area contributed by atoms with Gasteiger partial charge in [-0.2, -0.15) is 0 Å². The lowest BCUT2D eigenvalue weighted by Gasteiger charge is -2.14. The van der Waals surface area contributed by atoms with Gasteiger partial charge in [0.2, 0.25) is 0 Å². The van der Waals surface area contributed by atoms with Crippen molar-refractivity contribution >= 4 is 17.3 Å². The van der Waals surface area contributed by atoms with E-state index in [1.165, 1.54) is 0 Å². The summed E-state index contributed by atoms with van der Waals surface area (Å²) < 4.78 is 7.45. The number of aromatic nitrogens is 1. The van der Waals surface area contributed by atoms with Crippen LogP contribution in [-0.2, 0) is 11.4 Å². The SMILES string of the molecule is COc1cccc(CO/N=C(/C)c2cc(-c3ccccc3)n(-c3ccccc3Cl)c2C)c1. The summed E-state index contributed by atoms with van der Waals surface area (Å²) in [5.41, 5.74) is 6.93. The molecule has 0 aliphatic rings. The maximum Gasteiger partial charge on any atom is 0.142 e. The van der Waals surface area contributed by atoms with Crippen LogP contribution < -0.4 is 4.74 Å². The third-order valence-corrected chi connectivity index (χ3v) is 5.69. The van der Waals surface area contributed by atoms with Gasteiger partial charge < -0.3 is 14.1 Å². The summed E-state index contributed by atoms with van der Waals surface area (Å²) >= 11 is 6.57. The fraction of sp³-hybridized carbons (Fsp3) is 0.148. The first kappa shape index (κ1) is 21.7. The van der Waals surface area contributed by atoms with Crippen LogP contribution in [0.3, 0.4) is 0 Å². The predicted molar refractivity (Wildman–Crippen MR) is 131 cm³/mol. The predicted octanol–water partition coefficient (Wildman–Crippen LogP) is 7.06. The Balaban J connectivity index is 1.69. The molecule has 0 aliphatic carbocycles. The second-order valence-electron chi connectivity index (χ2n) is 7.48. The minimum atomic E-state index is 0.365. The van der Waals surface area contributed by atoms with Crippen molar-refractivity contribution in [2.24, 2.45) is 5.16 Å². The molecule has 1 heterocycles. The summed E-state index contributed by atoms with van der Waals surface area (Å²) in [5, 5.41) is 5.09. The zero-order chi connectivity index (χ0) is 22.5. The third kappa shape index (κ3) is 4.56. The van der Waals surface area contributed by atoms with Crippen LogP contribution in [0, 0.1) is 6.92 Å². The number of nitrogens with zero attached hydrogens (tertiary/aromatic N) is 2. The van der Waals surface area contributed by atoms with Gasteiger partial charge in [0.15, 0.2) is 0 Å². The monoisotopic (exact) mass is 444 g/mol. The van der Waals surface area contributed by atoms with Crippen molar-refractivity contribution in [1.29, 1.82) is 0 Å². The maximum atomic E-state index is 6.57. The number of para-hydroxylation sites is 1. The van der Waals surface area contributed by atoms with E-state index >= 15 is 0 Å². The van der Waals surface area contributed by atoms with E-state index in [4.69, 9.17) is 21.2 Å². The van der Waals surface area contributed by atoms with Crippen molar-refractivity contribution in [3.63, 3.8) is 0 Å². The van der Waals surface area contributed by atoms with Gasteiger partial charge in [0.05, 0.1) is 29.2 Å². The van der Waals surface area contributed by atoms with Crippen molar-refractivity contribution in [3.05, 3.63) is 107 Å². The van der Waals surface area contributed by atoms with Crippen LogP contribution in [0.2, 0.25) is 5.02 Å². The molecule has 0 spiro atoms. The Kier molecular flexibility index (Phi) is 6.62. The molecule has 1 aromatic heterocycles. The largest absolute Gasteiger partial charge is 0.497 e. The summed E-state index contributed by atoms with van der Waals surface area (Å²) in [4.78, 5) is 5.67. The van der Waals surface area contributed by atoms with Gasteiger partial charge in [-0.3, -0.25) is 0 Å². The van der Waals surface area contributed by atoms with Crippen LogP contribution in [0.5, 0.6) is 5.75 Å². The lowest BCUT2D eigenvalue weighted by molar-refractivity contribution is 0.130. The zero-order valence-corrected chi connectivity index (χ0v) is 19.1. The molecule has 5 heteroatoms. The number of rotatable bonds is 7. The van der Waals surface area contributed by atoms with Crippen LogP contribution in [0.15, 0.2) is 90.1 Å². The van der Waals surface area contributed by atoms with Crippen molar-refractivity contribution in [3.8, 4) is 22.7 Å². The standard InChI is InChI=1S/C27H25ClN2O2/c1-19(29-32-18-21-10-9-13-23(16-21)31-3)24-17-27(22-11-5-4-6-12-22)30(20(24)2)26-15-8-7-14-25(26)28/h4-17H,18H2,1-3H3/b29-19-.